The molecule has 2 heterocycles. The first-order chi connectivity index (χ1) is 7.36. The molecule has 0 aliphatic carbocycles. The van der Waals surface area contributed by atoms with Gasteiger partial charge in [0.1, 0.15) is 11.9 Å². The number of carbonyl (C=O) groups is 1. The molecular formula is C10H13N3O2. The van der Waals surface area contributed by atoms with Crippen LogP contribution in [0.5, 0.6) is 0 Å². The van der Waals surface area contributed by atoms with Crippen molar-refractivity contribution in [1.29, 1.82) is 0 Å². The van der Waals surface area contributed by atoms with Gasteiger partial charge in [-0.05, 0) is 12.1 Å². The Kier molecular flexibility index (Phi) is 3.26. The minimum Gasteiger partial charge on any atom is -0.378 e. The molecule has 1 atom stereocenters. The smallest absolute Gasteiger partial charge is 0.245 e. The first-order valence-electron chi connectivity index (χ1n) is 4.89. The van der Waals surface area contributed by atoms with Crippen molar-refractivity contribution in [3.05, 3.63) is 24.4 Å². The van der Waals surface area contributed by atoms with Crippen molar-refractivity contribution in [3.63, 3.8) is 0 Å². The van der Waals surface area contributed by atoms with E-state index in [1.165, 1.54) is 0 Å². The molecule has 0 radical (unpaired) electrons. The van der Waals surface area contributed by atoms with Crippen molar-refractivity contribution >= 4 is 11.7 Å². The number of hydrogen-bond acceptors (Lipinski definition) is 4. The summed E-state index contributed by atoms with van der Waals surface area (Å²) in [6, 6.07) is 5.10. The van der Waals surface area contributed by atoms with Gasteiger partial charge in [0.25, 0.3) is 0 Å². The number of aromatic nitrogens is 1. The lowest BCUT2D eigenvalue weighted by Crippen LogP contribution is -2.48. The Bertz CT molecular complexity index is 323. The molecule has 2 N–H and O–H groups in total. The predicted molar refractivity (Wildman–Crippen MR) is 55.5 cm³/mol. The fourth-order valence-corrected chi connectivity index (χ4v) is 1.38. The topological polar surface area (TPSA) is 63.2 Å². The molecule has 0 aromatic carbocycles. The molecule has 1 saturated heterocycles. The maximum atomic E-state index is 11.7. The van der Waals surface area contributed by atoms with Crippen LogP contribution >= 0.6 is 0 Å². The van der Waals surface area contributed by atoms with Crippen molar-refractivity contribution in [2.45, 2.75) is 6.04 Å². The Labute approximate surface area is 87.8 Å². The highest BCUT2D eigenvalue weighted by Crippen LogP contribution is 2.02. The van der Waals surface area contributed by atoms with Gasteiger partial charge >= 0.3 is 0 Å². The van der Waals surface area contributed by atoms with Gasteiger partial charge in [-0.15, -0.1) is 0 Å². The van der Waals surface area contributed by atoms with E-state index in [1.54, 1.807) is 18.3 Å². The van der Waals surface area contributed by atoms with E-state index >= 15 is 0 Å². The first-order valence-corrected chi connectivity index (χ1v) is 4.89. The third-order valence-corrected chi connectivity index (χ3v) is 2.15. The van der Waals surface area contributed by atoms with Crippen LogP contribution in [0.1, 0.15) is 0 Å². The van der Waals surface area contributed by atoms with Gasteiger partial charge in [-0.3, -0.25) is 4.79 Å². The molecule has 5 heteroatoms. The number of nitrogens with zero attached hydrogens (tertiary/aromatic N) is 1. The summed E-state index contributed by atoms with van der Waals surface area (Å²) in [6.07, 6.45) is 1.64. The second kappa shape index (κ2) is 4.86. The summed E-state index contributed by atoms with van der Waals surface area (Å²) in [4.78, 5) is 15.7. The highest BCUT2D eigenvalue weighted by molar-refractivity contribution is 5.94. The van der Waals surface area contributed by atoms with Gasteiger partial charge in [0, 0.05) is 12.7 Å². The van der Waals surface area contributed by atoms with Crippen LogP contribution in [0.25, 0.3) is 0 Å². The predicted octanol–water partition coefficient (Wildman–Crippen LogP) is 0.00850. The Hall–Kier alpha value is -1.46. The van der Waals surface area contributed by atoms with Gasteiger partial charge in [-0.25, -0.2) is 4.98 Å². The highest BCUT2D eigenvalue weighted by atomic mass is 16.5. The lowest BCUT2D eigenvalue weighted by atomic mass is 10.2. The van der Waals surface area contributed by atoms with Crippen LogP contribution in [-0.4, -0.2) is 36.7 Å². The van der Waals surface area contributed by atoms with Crippen molar-refractivity contribution in [1.82, 2.24) is 10.3 Å². The summed E-state index contributed by atoms with van der Waals surface area (Å²) >= 11 is 0. The van der Waals surface area contributed by atoms with Crippen LogP contribution in [0, 0.1) is 0 Å². The Morgan fingerprint density at radius 1 is 1.60 bits per heavy atom. The fraction of sp³-hybridized carbons (Fsp3) is 0.400. The number of morpholine rings is 1. The molecule has 1 fully saturated rings. The van der Waals surface area contributed by atoms with Crippen molar-refractivity contribution in [3.8, 4) is 0 Å². The Morgan fingerprint density at radius 2 is 2.53 bits per heavy atom. The van der Waals surface area contributed by atoms with E-state index < -0.39 is 0 Å². The second-order valence-electron chi connectivity index (χ2n) is 3.29. The number of pyridine rings is 1. The third kappa shape index (κ3) is 2.74. The fourth-order valence-electron chi connectivity index (χ4n) is 1.38. The molecular weight excluding hydrogens is 194 g/mol. The third-order valence-electron chi connectivity index (χ3n) is 2.15. The molecule has 1 aromatic heterocycles. The molecule has 1 aliphatic heterocycles. The zero-order valence-corrected chi connectivity index (χ0v) is 8.27. The average Bonchev–Trinajstić information content (AvgIpc) is 2.31. The number of hydrogen-bond donors (Lipinski definition) is 2. The standard InChI is InChI=1S/C10H13N3O2/c14-10(8-7-15-6-5-11-8)13-9-3-1-2-4-12-9/h1-4,8,11H,5-7H2,(H,12,13,14). The maximum absolute atomic E-state index is 11.7. The quantitative estimate of drug-likeness (QED) is 0.717. The number of amides is 1. The summed E-state index contributed by atoms with van der Waals surface area (Å²) < 4.78 is 5.20. The Morgan fingerprint density at radius 3 is 3.20 bits per heavy atom. The molecule has 1 aliphatic rings. The van der Waals surface area contributed by atoms with Crippen LogP contribution in [0.2, 0.25) is 0 Å². The highest BCUT2D eigenvalue weighted by Gasteiger charge is 2.21. The van der Waals surface area contributed by atoms with Crippen LogP contribution < -0.4 is 10.6 Å². The number of anilines is 1. The second-order valence-corrected chi connectivity index (χ2v) is 3.29. The maximum Gasteiger partial charge on any atom is 0.245 e. The van der Waals surface area contributed by atoms with E-state index in [0.29, 0.717) is 25.6 Å². The number of nitrogens with one attached hydrogen (secondary N) is 2. The monoisotopic (exact) mass is 207 g/mol. The van der Waals surface area contributed by atoms with E-state index in [2.05, 4.69) is 15.6 Å². The number of carbonyl (C=O) groups excluding carboxylic acids is 1. The summed E-state index contributed by atoms with van der Waals surface area (Å²) in [5.41, 5.74) is 0. The molecule has 15 heavy (non-hydrogen) atoms. The van der Waals surface area contributed by atoms with Crippen molar-refractivity contribution < 1.29 is 9.53 Å². The molecule has 1 aromatic rings. The number of rotatable bonds is 2. The molecule has 1 unspecified atom stereocenters. The van der Waals surface area contributed by atoms with Crippen LogP contribution in [-0.2, 0) is 9.53 Å². The summed E-state index contributed by atoms with van der Waals surface area (Å²) in [5, 5.41) is 5.79. The largest absolute Gasteiger partial charge is 0.378 e. The van der Waals surface area contributed by atoms with E-state index in [1.807, 2.05) is 6.07 Å². The van der Waals surface area contributed by atoms with Crippen molar-refractivity contribution in [2.75, 3.05) is 25.1 Å². The van der Waals surface area contributed by atoms with Gasteiger partial charge in [-0.2, -0.15) is 0 Å². The van der Waals surface area contributed by atoms with Crippen molar-refractivity contribution in [2.24, 2.45) is 0 Å². The molecule has 0 spiro atoms. The summed E-state index contributed by atoms with van der Waals surface area (Å²) in [5.74, 6) is 0.461. The van der Waals surface area contributed by atoms with Crippen LogP contribution in [0.15, 0.2) is 24.4 Å². The molecule has 1 amide bonds. The SMILES string of the molecule is O=C(Nc1ccccn1)C1COCCN1. The molecule has 2 rings (SSSR count). The lowest BCUT2D eigenvalue weighted by molar-refractivity contribution is -0.120. The van der Waals surface area contributed by atoms with Gasteiger partial charge in [0.2, 0.25) is 5.91 Å². The molecule has 0 bridgehead atoms. The molecule has 0 saturated carbocycles. The summed E-state index contributed by atoms with van der Waals surface area (Å²) in [7, 11) is 0. The first kappa shape index (κ1) is 10.1. The minimum atomic E-state index is -0.277. The zero-order valence-electron chi connectivity index (χ0n) is 8.27. The molecule has 5 nitrogen and oxygen atoms in total. The normalized spacial score (nSPS) is 20.9. The van der Waals surface area contributed by atoms with E-state index in [4.69, 9.17) is 4.74 Å². The number of ether oxygens (including phenoxy) is 1. The average molecular weight is 207 g/mol. The minimum absolute atomic E-state index is 0.103. The van der Waals surface area contributed by atoms with Gasteiger partial charge in [0.15, 0.2) is 0 Å². The van der Waals surface area contributed by atoms with Gasteiger partial charge in [-0.1, -0.05) is 6.07 Å². The van der Waals surface area contributed by atoms with Gasteiger partial charge < -0.3 is 15.4 Å². The van der Waals surface area contributed by atoms with E-state index in [9.17, 15) is 4.79 Å². The Balaban J connectivity index is 1.91. The van der Waals surface area contributed by atoms with E-state index in [-0.39, 0.29) is 11.9 Å². The molecule has 80 valence electrons. The van der Waals surface area contributed by atoms with Gasteiger partial charge in [0.05, 0.1) is 13.2 Å². The van der Waals surface area contributed by atoms with Crippen LogP contribution in [0.3, 0.4) is 0 Å². The van der Waals surface area contributed by atoms with E-state index in [0.717, 1.165) is 0 Å². The summed E-state index contributed by atoms with van der Waals surface area (Å²) in [6.45, 7) is 1.78. The van der Waals surface area contributed by atoms with Crippen LogP contribution in [0.4, 0.5) is 5.82 Å². The lowest BCUT2D eigenvalue weighted by Gasteiger charge is -2.22. The zero-order chi connectivity index (χ0) is 10.5.